The molecule has 76 valence electrons. The molecule has 1 amide bonds. The van der Waals surface area contributed by atoms with Gasteiger partial charge in [-0.3, -0.25) is 0 Å². The number of cyclic esters (lactones) is 1. The largest absolute Gasteiger partial charge is 0.443 e. The van der Waals surface area contributed by atoms with Gasteiger partial charge in [0.1, 0.15) is 6.10 Å². The third kappa shape index (κ3) is 2.88. The maximum atomic E-state index is 11.2. The number of hydrogen-bond acceptors (Lipinski definition) is 3. The smallest absolute Gasteiger partial charge is 0.410 e. The summed E-state index contributed by atoms with van der Waals surface area (Å²) >= 11 is 0. The van der Waals surface area contributed by atoms with Crippen LogP contribution in [0.5, 0.6) is 0 Å². The lowest BCUT2D eigenvalue weighted by molar-refractivity contribution is 0.134. The fourth-order valence-electron chi connectivity index (χ4n) is 1.29. The normalized spacial score (nSPS) is 22.6. The zero-order valence-electron chi connectivity index (χ0n) is 8.32. The lowest BCUT2D eigenvalue weighted by Crippen LogP contribution is -2.29. The molecule has 1 aliphatic heterocycles. The molecule has 13 heavy (non-hydrogen) atoms. The van der Waals surface area contributed by atoms with Gasteiger partial charge >= 0.3 is 6.09 Å². The molecule has 1 rings (SSSR count). The average molecular weight is 186 g/mol. The number of amides is 1. The molecule has 1 saturated heterocycles. The van der Waals surface area contributed by atoms with Gasteiger partial charge in [0.25, 0.3) is 0 Å². The standard InChI is InChI=1S/C9H18N2O2/c1-7(2)3-4-11-6-8(5-10)13-9(11)12/h7-8H,3-6,10H2,1-2H3/t8-/m0/s1. The lowest BCUT2D eigenvalue weighted by atomic mass is 10.1. The summed E-state index contributed by atoms with van der Waals surface area (Å²) < 4.78 is 5.02. The van der Waals surface area contributed by atoms with Crippen LogP contribution in [-0.2, 0) is 4.74 Å². The van der Waals surface area contributed by atoms with Crippen LogP contribution >= 0.6 is 0 Å². The summed E-state index contributed by atoms with van der Waals surface area (Å²) in [6.07, 6.45) is 0.711. The Kier molecular flexibility index (Phi) is 3.54. The Bertz CT molecular complexity index is 182. The molecule has 0 spiro atoms. The van der Waals surface area contributed by atoms with E-state index in [4.69, 9.17) is 10.5 Å². The molecule has 0 aromatic heterocycles. The number of nitrogens with two attached hydrogens (primary N) is 1. The van der Waals surface area contributed by atoms with Crippen LogP contribution in [0.25, 0.3) is 0 Å². The minimum atomic E-state index is -0.212. The van der Waals surface area contributed by atoms with Gasteiger partial charge in [0.05, 0.1) is 6.54 Å². The van der Waals surface area contributed by atoms with Crippen molar-refractivity contribution in [3.8, 4) is 0 Å². The van der Waals surface area contributed by atoms with Gasteiger partial charge in [0, 0.05) is 13.1 Å². The Labute approximate surface area is 79.0 Å². The van der Waals surface area contributed by atoms with Gasteiger partial charge in [-0.25, -0.2) is 4.79 Å². The van der Waals surface area contributed by atoms with E-state index in [0.29, 0.717) is 19.0 Å². The van der Waals surface area contributed by atoms with Crippen LogP contribution in [-0.4, -0.2) is 36.7 Å². The molecule has 4 nitrogen and oxygen atoms in total. The van der Waals surface area contributed by atoms with Crippen molar-refractivity contribution < 1.29 is 9.53 Å². The van der Waals surface area contributed by atoms with Crippen LogP contribution in [0.2, 0.25) is 0 Å². The minimum Gasteiger partial charge on any atom is -0.443 e. The molecule has 2 N–H and O–H groups in total. The predicted octanol–water partition coefficient (Wildman–Crippen LogP) is 0.812. The second-order valence-electron chi connectivity index (χ2n) is 3.87. The van der Waals surface area contributed by atoms with E-state index in [1.54, 1.807) is 4.90 Å². The molecule has 0 aromatic carbocycles. The number of carbonyl (C=O) groups is 1. The molecule has 0 aliphatic carbocycles. The minimum absolute atomic E-state index is 0.0975. The van der Waals surface area contributed by atoms with Gasteiger partial charge in [-0.05, 0) is 12.3 Å². The van der Waals surface area contributed by atoms with Crippen LogP contribution in [0.1, 0.15) is 20.3 Å². The van der Waals surface area contributed by atoms with Crippen LogP contribution in [0.15, 0.2) is 0 Å². The van der Waals surface area contributed by atoms with Crippen molar-refractivity contribution in [3.05, 3.63) is 0 Å². The first-order chi connectivity index (χ1) is 6.13. The van der Waals surface area contributed by atoms with Crippen molar-refractivity contribution >= 4 is 6.09 Å². The Morgan fingerprint density at radius 2 is 2.38 bits per heavy atom. The maximum absolute atomic E-state index is 11.2. The zero-order chi connectivity index (χ0) is 9.84. The Balaban J connectivity index is 2.31. The SMILES string of the molecule is CC(C)CCN1C[C@H](CN)OC1=O. The molecule has 1 fully saturated rings. The van der Waals surface area contributed by atoms with E-state index in [1.165, 1.54) is 0 Å². The highest BCUT2D eigenvalue weighted by molar-refractivity contribution is 5.69. The molecular weight excluding hydrogens is 168 g/mol. The summed E-state index contributed by atoms with van der Waals surface area (Å²) in [6.45, 7) is 6.14. The van der Waals surface area contributed by atoms with E-state index in [0.717, 1.165) is 13.0 Å². The highest BCUT2D eigenvalue weighted by Gasteiger charge is 2.29. The molecule has 1 atom stereocenters. The Morgan fingerprint density at radius 3 is 2.85 bits per heavy atom. The molecule has 0 unspecified atom stereocenters. The van der Waals surface area contributed by atoms with Crippen LogP contribution in [0.3, 0.4) is 0 Å². The third-order valence-electron chi connectivity index (χ3n) is 2.19. The van der Waals surface area contributed by atoms with E-state index in [-0.39, 0.29) is 12.2 Å². The van der Waals surface area contributed by atoms with E-state index >= 15 is 0 Å². The number of nitrogens with zero attached hydrogens (tertiary/aromatic N) is 1. The summed E-state index contributed by atoms with van der Waals surface area (Å²) in [5.74, 6) is 0.615. The maximum Gasteiger partial charge on any atom is 0.410 e. The zero-order valence-corrected chi connectivity index (χ0v) is 8.32. The van der Waals surface area contributed by atoms with Gasteiger partial charge in [0.2, 0.25) is 0 Å². The van der Waals surface area contributed by atoms with Crippen molar-refractivity contribution in [2.24, 2.45) is 11.7 Å². The van der Waals surface area contributed by atoms with E-state index in [9.17, 15) is 4.79 Å². The molecule has 0 radical (unpaired) electrons. The second kappa shape index (κ2) is 4.46. The average Bonchev–Trinajstić information content (AvgIpc) is 2.43. The number of carbonyl (C=O) groups excluding carboxylic acids is 1. The third-order valence-corrected chi connectivity index (χ3v) is 2.19. The number of rotatable bonds is 4. The van der Waals surface area contributed by atoms with Crippen LogP contribution in [0, 0.1) is 5.92 Å². The highest BCUT2D eigenvalue weighted by Crippen LogP contribution is 2.12. The van der Waals surface area contributed by atoms with E-state index in [2.05, 4.69) is 13.8 Å². The lowest BCUT2D eigenvalue weighted by Gasteiger charge is -2.13. The van der Waals surface area contributed by atoms with Crippen molar-refractivity contribution in [1.82, 2.24) is 4.90 Å². The molecule has 4 heteroatoms. The van der Waals surface area contributed by atoms with Crippen molar-refractivity contribution in [2.45, 2.75) is 26.4 Å². The molecule has 0 aromatic rings. The summed E-state index contributed by atoms with van der Waals surface area (Å²) in [5, 5.41) is 0. The molecule has 1 aliphatic rings. The summed E-state index contributed by atoms with van der Waals surface area (Å²) in [5.41, 5.74) is 5.41. The van der Waals surface area contributed by atoms with Crippen LogP contribution in [0.4, 0.5) is 4.79 Å². The Hall–Kier alpha value is -0.770. The van der Waals surface area contributed by atoms with Gasteiger partial charge in [-0.15, -0.1) is 0 Å². The van der Waals surface area contributed by atoms with Gasteiger partial charge in [-0.2, -0.15) is 0 Å². The molecule has 0 bridgehead atoms. The summed E-state index contributed by atoms with van der Waals surface area (Å²) in [4.78, 5) is 12.9. The summed E-state index contributed by atoms with van der Waals surface area (Å²) in [6, 6.07) is 0. The monoisotopic (exact) mass is 186 g/mol. The van der Waals surface area contributed by atoms with Gasteiger partial charge in [-0.1, -0.05) is 13.8 Å². The van der Waals surface area contributed by atoms with Gasteiger partial charge in [0.15, 0.2) is 0 Å². The predicted molar refractivity (Wildman–Crippen MR) is 50.4 cm³/mol. The van der Waals surface area contributed by atoms with E-state index in [1.807, 2.05) is 0 Å². The first-order valence-electron chi connectivity index (χ1n) is 4.79. The van der Waals surface area contributed by atoms with Crippen molar-refractivity contribution in [2.75, 3.05) is 19.6 Å². The molecule has 1 heterocycles. The molecule has 0 saturated carbocycles. The second-order valence-corrected chi connectivity index (χ2v) is 3.87. The Morgan fingerprint density at radius 1 is 1.69 bits per heavy atom. The first kappa shape index (κ1) is 10.3. The number of hydrogen-bond donors (Lipinski definition) is 1. The molecular formula is C9H18N2O2. The van der Waals surface area contributed by atoms with Crippen molar-refractivity contribution in [1.29, 1.82) is 0 Å². The van der Waals surface area contributed by atoms with E-state index < -0.39 is 0 Å². The van der Waals surface area contributed by atoms with Crippen LogP contribution < -0.4 is 5.73 Å². The van der Waals surface area contributed by atoms with Gasteiger partial charge < -0.3 is 15.4 Å². The topological polar surface area (TPSA) is 55.6 Å². The quantitative estimate of drug-likeness (QED) is 0.707. The first-order valence-corrected chi connectivity index (χ1v) is 4.79. The number of ether oxygens (including phenoxy) is 1. The van der Waals surface area contributed by atoms with Crippen molar-refractivity contribution in [3.63, 3.8) is 0 Å². The fourth-order valence-corrected chi connectivity index (χ4v) is 1.29. The fraction of sp³-hybridized carbons (Fsp3) is 0.889. The highest BCUT2D eigenvalue weighted by atomic mass is 16.6. The summed E-state index contributed by atoms with van der Waals surface area (Å²) in [7, 11) is 0.